The van der Waals surface area contributed by atoms with Gasteiger partial charge in [-0.2, -0.15) is 0 Å². The molecule has 1 aliphatic heterocycles. The average Bonchev–Trinajstić information content (AvgIpc) is 3.01. The van der Waals surface area contributed by atoms with Crippen LogP contribution in [-0.4, -0.2) is 64.5 Å². The van der Waals surface area contributed by atoms with Crippen LogP contribution in [0.1, 0.15) is 30.4 Å². The van der Waals surface area contributed by atoms with Crippen molar-refractivity contribution in [1.29, 1.82) is 0 Å². The monoisotopic (exact) mass is 426 g/mol. The zero-order chi connectivity index (χ0) is 22.4. The molecule has 2 atom stereocenters. The Morgan fingerprint density at radius 1 is 1.06 bits per heavy atom. The topological polar surface area (TPSA) is 90.3 Å². The van der Waals surface area contributed by atoms with Gasteiger partial charge in [0.1, 0.15) is 18.0 Å². The van der Waals surface area contributed by atoms with Crippen LogP contribution in [-0.2, 0) is 22.4 Å². The van der Waals surface area contributed by atoms with Gasteiger partial charge in [0, 0.05) is 26.3 Å². The van der Waals surface area contributed by atoms with Crippen LogP contribution in [0.4, 0.5) is 0 Å². The van der Waals surface area contributed by atoms with Crippen molar-refractivity contribution in [3.63, 3.8) is 0 Å². The van der Waals surface area contributed by atoms with Gasteiger partial charge in [0.2, 0.25) is 11.8 Å². The van der Waals surface area contributed by atoms with Gasteiger partial charge in [-0.15, -0.1) is 0 Å². The summed E-state index contributed by atoms with van der Waals surface area (Å²) in [4.78, 5) is 29.5. The molecule has 2 amide bonds. The van der Waals surface area contributed by atoms with Gasteiger partial charge in [0.15, 0.2) is 6.29 Å². The summed E-state index contributed by atoms with van der Waals surface area (Å²) in [6.07, 6.45) is -0.290. The molecule has 0 aromatic heterocycles. The average molecular weight is 427 g/mol. The molecule has 1 aliphatic rings. The van der Waals surface area contributed by atoms with Gasteiger partial charge >= 0.3 is 0 Å². The Morgan fingerprint density at radius 3 is 2.35 bits per heavy atom. The number of aliphatic hydroxyl groups is 2. The number of methoxy groups -OCH3 is 1. The maximum absolute atomic E-state index is 13.1. The third-order valence-corrected chi connectivity index (χ3v) is 5.76. The highest BCUT2D eigenvalue weighted by atomic mass is 16.5. The first-order chi connectivity index (χ1) is 14.9. The van der Waals surface area contributed by atoms with Crippen LogP contribution in [0.2, 0.25) is 0 Å². The van der Waals surface area contributed by atoms with Crippen molar-refractivity contribution in [2.75, 3.05) is 14.2 Å². The minimum Gasteiger partial charge on any atom is -0.497 e. The molecule has 7 nitrogen and oxygen atoms in total. The minimum absolute atomic E-state index is 0.0280. The molecule has 7 heteroatoms. The molecule has 0 radical (unpaired) electrons. The van der Waals surface area contributed by atoms with Crippen molar-refractivity contribution in [3.05, 3.63) is 65.7 Å². The number of carbonyl (C=O) groups excluding carboxylic acids is 2. The van der Waals surface area contributed by atoms with Crippen LogP contribution in [0.25, 0.3) is 0 Å². The van der Waals surface area contributed by atoms with E-state index in [1.54, 1.807) is 24.0 Å². The second-order valence-electron chi connectivity index (χ2n) is 7.84. The fraction of sp³-hybridized carbons (Fsp3) is 0.417. The van der Waals surface area contributed by atoms with Gasteiger partial charge in [0.05, 0.1) is 7.11 Å². The zero-order valence-electron chi connectivity index (χ0n) is 18.0. The molecule has 0 saturated carbocycles. The number of carbonyl (C=O) groups is 2. The van der Waals surface area contributed by atoms with Crippen molar-refractivity contribution in [2.24, 2.45) is 0 Å². The lowest BCUT2D eigenvalue weighted by Gasteiger charge is -2.30. The van der Waals surface area contributed by atoms with Crippen LogP contribution in [0.5, 0.6) is 5.75 Å². The number of ether oxygens (including phenoxy) is 1. The zero-order valence-corrected chi connectivity index (χ0v) is 18.0. The molecule has 31 heavy (non-hydrogen) atoms. The lowest BCUT2D eigenvalue weighted by Crippen LogP contribution is -2.45. The number of aliphatic hydroxyl groups excluding tert-OH is 1. The molecule has 3 rings (SSSR count). The van der Waals surface area contributed by atoms with E-state index in [4.69, 9.17) is 4.74 Å². The van der Waals surface area contributed by atoms with Crippen LogP contribution in [0.3, 0.4) is 0 Å². The lowest BCUT2D eigenvalue weighted by molar-refractivity contribution is -0.138. The van der Waals surface area contributed by atoms with E-state index in [0.29, 0.717) is 12.8 Å². The lowest BCUT2D eigenvalue weighted by atomic mass is 10.0. The Balaban J connectivity index is 1.81. The van der Waals surface area contributed by atoms with E-state index in [9.17, 15) is 19.8 Å². The summed E-state index contributed by atoms with van der Waals surface area (Å²) in [6, 6.07) is 16.8. The predicted octanol–water partition coefficient (Wildman–Crippen LogP) is 1.96. The number of likely N-dealkylation sites (N-methyl/N-ethyl adjacent to an activating group) is 1. The third kappa shape index (κ3) is 5.62. The molecule has 1 fully saturated rings. The molecule has 0 spiro atoms. The van der Waals surface area contributed by atoms with Gasteiger partial charge in [-0.3, -0.25) is 9.59 Å². The van der Waals surface area contributed by atoms with Gasteiger partial charge in [0.25, 0.3) is 0 Å². The summed E-state index contributed by atoms with van der Waals surface area (Å²) in [6.45, 7) is 0. The molecular formula is C24H30N2O5. The van der Waals surface area contributed by atoms with E-state index >= 15 is 0 Å². The normalized spacial score (nSPS) is 18.7. The maximum atomic E-state index is 13.1. The van der Waals surface area contributed by atoms with E-state index in [2.05, 4.69) is 0 Å². The van der Waals surface area contributed by atoms with Crippen molar-refractivity contribution in [2.45, 2.75) is 50.6 Å². The Labute approximate surface area is 182 Å². The molecule has 0 aliphatic carbocycles. The Kier molecular flexibility index (Phi) is 7.65. The number of aryl methyl sites for hydroxylation is 1. The highest BCUT2D eigenvalue weighted by Gasteiger charge is 2.45. The first kappa shape index (κ1) is 22.8. The molecule has 1 heterocycles. The predicted molar refractivity (Wildman–Crippen MR) is 116 cm³/mol. The van der Waals surface area contributed by atoms with E-state index in [1.807, 2.05) is 54.6 Å². The number of nitrogens with zero attached hydrogens (tertiary/aromatic N) is 2. The van der Waals surface area contributed by atoms with Gasteiger partial charge in [-0.05, 0) is 36.1 Å². The molecule has 2 aromatic rings. The van der Waals surface area contributed by atoms with Crippen LogP contribution in [0, 0.1) is 0 Å². The number of hydrogen-bond donors (Lipinski definition) is 2. The number of hydrogen-bond acceptors (Lipinski definition) is 5. The standard InChI is InChI=1S/C24H30N2O5/c1-25-21(13-10-17-6-4-3-5-7-17)26(22(27)14-15-23(28)29)20(24(25)30)16-18-8-11-19(31-2)12-9-18/h3-9,11-12,20-21,23,28-29H,10,13-16H2,1-2H3. The van der Waals surface area contributed by atoms with Crippen LogP contribution < -0.4 is 4.74 Å². The van der Waals surface area contributed by atoms with Crippen molar-refractivity contribution < 1.29 is 24.5 Å². The van der Waals surface area contributed by atoms with Crippen molar-refractivity contribution in [3.8, 4) is 5.75 Å². The highest BCUT2D eigenvalue weighted by molar-refractivity contribution is 5.91. The van der Waals surface area contributed by atoms with E-state index in [0.717, 1.165) is 23.3 Å². The van der Waals surface area contributed by atoms with E-state index in [-0.39, 0.29) is 30.8 Å². The van der Waals surface area contributed by atoms with Crippen LogP contribution in [0.15, 0.2) is 54.6 Å². The fourth-order valence-corrected chi connectivity index (χ4v) is 4.06. The molecule has 2 aromatic carbocycles. The second-order valence-corrected chi connectivity index (χ2v) is 7.84. The third-order valence-electron chi connectivity index (χ3n) is 5.76. The quantitative estimate of drug-likeness (QED) is 0.599. The summed E-state index contributed by atoms with van der Waals surface area (Å²) >= 11 is 0. The second kappa shape index (κ2) is 10.4. The summed E-state index contributed by atoms with van der Waals surface area (Å²) in [5.41, 5.74) is 2.07. The van der Waals surface area contributed by atoms with Gasteiger partial charge in [-0.25, -0.2) is 0 Å². The highest BCUT2D eigenvalue weighted by Crippen LogP contribution is 2.28. The number of benzene rings is 2. The molecule has 2 unspecified atom stereocenters. The maximum Gasteiger partial charge on any atom is 0.247 e. The molecule has 1 saturated heterocycles. The molecule has 0 bridgehead atoms. The van der Waals surface area contributed by atoms with E-state index < -0.39 is 12.3 Å². The van der Waals surface area contributed by atoms with Crippen molar-refractivity contribution in [1.82, 2.24) is 9.80 Å². The largest absolute Gasteiger partial charge is 0.497 e. The first-order valence-electron chi connectivity index (χ1n) is 10.5. The van der Waals surface area contributed by atoms with E-state index in [1.165, 1.54) is 0 Å². The molecular weight excluding hydrogens is 396 g/mol. The summed E-state index contributed by atoms with van der Waals surface area (Å²) in [5, 5.41) is 18.4. The minimum atomic E-state index is -1.55. The number of amides is 2. The SMILES string of the molecule is COc1ccc(CC2C(=O)N(C)C(CCc3ccccc3)N2C(=O)CCC(O)O)cc1. The first-order valence-corrected chi connectivity index (χ1v) is 10.5. The summed E-state index contributed by atoms with van der Waals surface area (Å²) in [7, 11) is 3.32. The van der Waals surface area contributed by atoms with Gasteiger partial charge < -0.3 is 24.7 Å². The molecule has 2 N–H and O–H groups in total. The molecule has 166 valence electrons. The Hall–Kier alpha value is -2.90. The summed E-state index contributed by atoms with van der Waals surface area (Å²) < 4.78 is 5.20. The Morgan fingerprint density at radius 2 is 1.74 bits per heavy atom. The Bertz CT molecular complexity index is 869. The summed E-state index contributed by atoms with van der Waals surface area (Å²) in [5.74, 6) is 0.373. The van der Waals surface area contributed by atoms with Crippen molar-refractivity contribution >= 4 is 11.8 Å². The van der Waals surface area contributed by atoms with Crippen LogP contribution >= 0.6 is 0 Å². The fourth-order valence-electron chi connectivity index (χ4n) is 4.06. The smallest absolute Gasteiger partial charge is 0.247 e. The number of rotatable bonds is 9. The van der Waals surface area contributed by atoms with Gasteiger partial charge in [-0.1, -0.05) is 42.5 Å².